The number of ether oxygens (including phenoxy) is 2. The lowest BCUT2D eigenvalue weighted by molar-refractivity contribution is 0.0703. The number of Topliss-reactive ketones (excluding diaryl/α,β-unsaturated/α-hetero) is 1. The number of ketones is 1. The van der Waals surface area contributed by atoms with Crippen LogP contribution in [0, 0.1) is 0 Å². The first-order chi connectivity index (χ1) is 10.6. The Morgan fingerprint density at radius 3 is 2.32 bits per heavy atom. The molecule has 1 heterocycles. The Labute approximate surface area is 131 Å². The van der Waals surface area contributed by atoms with Crippen LogP contribution in [-0.2, 0) is 4.74 Å². The molecule has 2 rings (SSSR count). The highest BCUT2D eigenvalue weighted by atomic mass is 16.6. The van der Waals surface area contributed by atoms with Gasteiger partial charge in [0.25, 0.3) is 0 Å². The summed E-state index contributed by atoms with van der Waals surface area (Å²) in [5, 5.41) is 0. The van der Waals surface area contributed by atoms with Gasteiger partial charge in [-0.25, -0.2) is 4.79 Å². The number of carbonyl (C=O) groups excluding carboxylic acids is 2. The largest absolute Gasteiger partial charge is 0.490 e. The summed E-state index contributed by atoms with van der Waals surface area (Å²) in [5.74, 6) is 0.900. The number of hydrogen-bond acceptors (Lipinski definition) is 4. The van der Waals surface area contributed by atoms with Gasteiger partial charge >= 0.3 is 6.09 Å². The third-order valence-corrected chi connectivity index (χ3v) is 3.77. The zero-order valence-corrected chi connectivity index (χ0v) is 13.2. The summed E-state index contributed by atoms with van der Waals surface area (Å²) < 4.78 is 10.9. The van der Waals surface area contributed by atoms with Crippen LogP contribution in [0.4, 0.5) is 4.79 Å². The van der Waals surface area contributed by atoms with Crippen molar-refractivity contribution in [3.05, 3.63) is 29.8 Å². The van der Waals surface area contributed by atoms with Crippen LogP contribution in [0.15, 0.2) is 24.3 Å². The number of hydrogen-bond donors (Lipinski definition) is 0. The topological polar surface area (TPSA) is 55.8 Å². The third-order valence-electron chi connectivity index (χ3n) is 3.77. The standard InChI is InChI=1S/C17H23NO4/c1-3-16(19)13-5-7-14(8-6-13)22-15-9-11-18(12-10-15)17(20)21-4-2/h5-8,15H,3-4,9-12H2,1-2H3. The van der Waals surface area contributed by atoms with E-state index in [0.717, 1.165) is 18.6 Å². The maximum Gasteiger partial charge on any atom is 0.409 e. The van der Waals surface area contributed by atoms with Gasteiger partial charge in [0.2, 0.25) is 0 Å². The number of benzene rings is 1. The molecule has 0 spiro atoms. The average molecular weight is 305 g/mol. The predicted octanol–water partition coefficient (Wildman–Crippen LogP) is 3.28. The minimum atomic E-state index is -0.247. The van der Waals surface area contributed by atoms with Gasteiger partial charge in [0, 0.05) is 37.9 Å². The molecule has 120 valence electrons. The summed E-state index contributed by atoms with van der Waals surface area (Å²) in [4.78, 5) is 24.9. The Morgan fingerprint density at radius 2 is 1.77 bits per heavy atom. The van der Waals surface area contributed by atoms with Crippen LogP contribution < -0.4 is 4.74 Å². The quantitative estimate of drug-likeness (QED) is 0.783. The smallest absolute Gasteiger partial charge is 0.409 e. The highest BCUT2D eigenvalue weighted by molar-refractivity contribution is 5.95. The first kappa shape index (κ1) is 16.3. The summed E-state index contributed by atoms with van der Waals surface area (Å²) in [7, 11) is 0. The molecular weight excluding hydrogens is 282 g/mol. The predicted molar refractivity (Wildman–Crippen MR) is 83.3 cm³/mol. The van der Waals surface area contributed by atoms with Gasteiger partial charge in [-0.3, -0.25) is 4.79 Å². The van der Waals surface area contributed by atoms with E-state index in [-0.39, 0.29) is 18.0 Å². The second-order valence-corrected chi connectivity index (χ2v) is 5.30. The van der Waals surface area contributed by atoms with Crippen LogP contribution >= 0.6 is 0 Å². The van der Waals surface area contributed by atoms with E-state index in [9.17, 15) is 9.59 Å². The lowest BCUT2D eigenvalue weighted by Crippen LogP contribution is -2.42. The van der Waals surface area contributed by atoms with Crippen LogP contribution in [-0.4, -0.2) is 42.6 Å². The zero-order chi connectivity index (χ0) is 15.9. The van der Waals surface area contributed by atoms with Crippen molar-refractivity contribution in [2.75, 3.05) is 19.7 Å². The lowest BCUT2D eigenvalue weighted by Gasteiger charge is -2.31. The maximum atomic E-state index is 11.6. The Morgan fingerprint density at radius 1 is 1.14 bits per heavy atom. The van der Waals surface area contributed by atoms with Crippen LogP contribution in [0.25, 0.3) is 0 Å². The number of rotatable bonds is 5. The van der Waals surface area contributed by atoms with Gasteiger partial charge in [-0.15, -0.1) is 0 Å². The molecule has 1 saturated heterocycles. The SMILES string of the molecule is CCOC(=O)N1CCC(Oc2ccc(C(=O)CC)cc2)CC1. The van der Waals surface area contributed by atoms with Crippen molar-refractivity contribution in [1.29, 1.82) is 0 Å². The fourth-order valence-corrected chi connectivity index (χ4v) is 2.49. The molecule has 0 atom stereocenters. The molecule has 0 N–H and O–H groups in total. The van der Waals surface area contributed by atoms with E-state index in [1.165, 1.54) is 0 Å². The second-order valence-electron chi connectivity index (χ2n) is 5.30. The molecule has 0 aliphatic carbocycles. The van der Waals surface area contributed by atoms with E-state index >= 15 is 0 Å². The lowest BCUT2D eigenvalue weighted by atomic mass is 10.1. The van der Waals surface area contributed by atoms with E-state index in [2.05, 4.69) is 0 Å². The number of amides is 1. The molecule has 0 aromatic heterocycles. The molecule has 1 amide bonds. The van der Waals surface area contributed by atoms with Gasteiger partial charge in [0.05, 0.1) is 6.61 Å². The Bertz CT molecular complexity index is 504. The van der Waals surface area contributed by atoms with Crippen molar-refractivity contribution in [2.24, 2.45) is 0 Å². The van der Waals surface area contributed by atoms with E-state index in [1.54, 1.807) is 24.0 Å². The Hall–Kier alpha value is -2.04. The molecule has 1 aromatic rings. The fourth-order valence-electron chi connectivity index (χ4n) is 2.49. The van der Waals surface area contributed by atoms with Gasteiger partial charge in [0.15, 0.2) is 5.78 Å². The van der Waals surface area contributed by atoms with E-state index < -0.39 is 0 Å². The van der Waals surface area contributed by atoms with E-state index in [0.29, 0.717) is 31.7 Å². The second kappa shape index (κ2) is 7.82. The van der Waals surface area contributed by atoms with E-state index in [4.69, 9.17) is 9.47 Å². The summed E-state index contributed by atoms with van der Waals surface area (Å²) in [6.45, 7) is 5.36. The summed E-state index contributed by atoms with van der Waals surface area (Å²) in [6.07, 6.45) is 1.93. The van der Waals surface area contributed by atoms with Gasteiger partial charge in [-0.05, 0) is 31.2 Å². The molecule has 1 aliphatic heterocycles. The van der Waals surface area contributed by atoms with Gasteiger partial charge in [-0.2, -0.15) is 0 Å². The van der Waals surface area contributed by atoms with Crippen LogP contribution in [0.2, 0.25) is 0 Å². The van der Waals surface area contributed by atoms with E-state index in [1.807, 2.05) is 19.1 Å². The number of carbonyl (C=O) groups is 2. The summed E-state index contributed by atoms with van der Waals surface area (Å²) in [6, 6.07) is 7.27. The van der Waals surface area contributed by atoms with Gasteiger partial charge in [0.1, 0.15) is 11.9 Å². The maximum absolute atomic E-state index is 11.6. The number of nitrogens with zero attached hydrogens (tertiary/aromatic N) is 1. The van der Waals surface area contributed by atoms with Crippen molar-refractivity contribution >= 4 is 11.9 Å². The molecule has 1 aliphatic rings. The monoisotopic (exact) mass is 305 g/mol. The van der Waals surface area contributed by atoms with Gasteiger partial charge < -0.3 is 14.4 Å². The first-order valence-corrected chi connectivity index (χ1v) is 7.85. The number of piperidine rings is 1. The Balaban J connectivity index is 1.83. The third kappa shape index (κ3) is 4.23. The van der Waals surface area contributed by atoms with Gasteiger partial charge in [-0.1, -0.05) is 6.92 Å². The van der Waals surface area contributed by atoms with Crippen molar-refractivity contribution in [3.8, 4) is 5.75 Å². The molecule has 0 bridgehead atoms. The highest BCUT2D eigenvalue weighted by Gasteiger charge is 2.24. The molecule has 5 nitrogen and oxygen atoms in total. The normalized spacial score (nSPS) is 15.5. The van der Waals surface area contributed by atoms with Crippen molar-refractivity contribution in [2.45, 2.75) is 39.2 Å². The molecule has 0 saturated carbocycles. The molecule has 0 unspecified atom stereocenters. The Kier molecular flexibility index (Phi) is 5.81. The highest BCUT2D eigenvalue weighted by Crippen LogP contribution is 2.20. The van der Waals surface area contributed by atoms with Crippen LogP contribution in [0.3, 0.4) is 0 Å². The summed E-state index contributed by atoms with van der Waals surface area (Å²) >= 11 is 0. The molecule has 22 heavy (non-hydrogen) atoms. The first-order valence-electron chi connectivity index (χ1n) is 7.85. The van der Waals surface area contributed by atoms with Crippen LogP contribution in [0.5, 0.6) is 5.75 Å². The summed E-state index contributed by atoms with van der Waals surface area (Å²) in [5.41, 5.74) is 0.715. The van der Waals surface area contributed by atoms with Crippen molar-refractivity contribution in [3.63, 3.8) is 0 Å². The number of likely N-dealkylation sites (tertiary alicyclic amines) is 1. The fraction of sp³-hybridized carbons (Fsp3) is 0.529. The van der Waals surface area contributed by atoms with Crippen molar-refractivity contribution < 1.29 is 19.1 Å². The van der Waals surface area contributed by atoms with Crippen LogP contribution in [0.1, 0.15) is 43.5 Å². The average Bonchev–Trinajstić information content (AvgIpc) is 2.55. The molecule has 5 heteroatoms. The zero-order valence-electron chi connectivity index (χ0n) is 13.2. The minimum absolute atomic E-state index is 0.0957. The minimum Gasteiger partial charge on any atom is -0.490 e. The molecular formula is C17H23NO4. The molecule has 1 fully saturated rings. The molecule has 0 radical (unpaired) electrons. The van der Waals surface area contributed by atoms with Crippen molar-refractivity contribution in [1.82, 2.24) is 4.90 Å². The molecule has 1 aromatic carbocycles.